The summed E-state index contributed by atoms with van der Waals surface area (Å²) < 4.78 is 4.59. The summed E-state index contributed by atoms with van der Waals surface area (Å²) in [6.07, 6.45) is 0. The molecule has 0 heterocycles. The Bertz CT molecular complexity index is 589. The Kier molecular flexibility index (Phi) is 3.93. The normalized spacial score (nSPS) is 11.1. The van der Waals surface area contributed by atoms with Gasteiger partial charge in [-0.1, -0.05) is 30.3 Å². The first-order chi connectivity index (χ1) is 9.20. The second-order valence-electron chi connectivity index (χ2n) is 3.82. The number of carbonyl (C=O) groups is 1. The Balaban J connectivity index is 2.22. The molecule has 0 aliphatic rings. The van der Waals surface area contributed by atoms with E-state index in [4.69, 9.17) is 0 Å². The van der Waals surface area contributed by atoms with E-state index in [2.05, 4.69) is 9.73 Å². The van der Waals surface area contributed by atoms with Crippen LogP contribution in [0, 0.1) is 0 Å². The van der Waals surface area contributed by atoms with Gasteiger partial charge in [0.1, 0.15) is 0 Å². The summed E-state index contributed by atoms with van der Waals surface area (Å²) in [5.74, 6) is -0.729. The van der Waals surface area contributed by atoms with Gasteiger partial charge in [-0.2, -0.15) is 0 Å². The predicted octanol–water partition coefficient (Wildman–Crippen LogP) is 1.91. The monoisotopic (exact) mass is 254 g/mol. The summed E-state index contributed by atoms with van der Waals surface area (Å²) in [4.78, 5) is 15.2. The van der Waals surface area contributed by atoms with E-state index >= 15 is 0 Å². The number of rotatable bonds is 3. The van der Waals surface area contributed by atoms with Crippen molar-refractivity contribution in [3.8, 4) is 0 Å². The van der Waals surface area contributed by atoms with Crippen LogP contribution in [0.1, 0.15) is 15.9 Å². The number of methoxy groups -OCH3 is 1. The molecule has 96 valence electrons. The molecule has 4 nitrogen and oxygen atoms in total. The van der Waals surface area contributed by atoms with E-state index in [1.54, 1.807) is 48.5 Å². The van der Waals surface area contributed by atoms with Gasteiger partial charge in [0.15, 0.2) is 0 Å². The Hall–Kier alpha value is -2.62. The van der Waals surface area contributed by atoms with Crippen LogP contribution in [-0.4, -0.2) is 19.0 Å². The first-order valence-electron chi connectivity index (χ1n) is 5.70. The summed E-state index contributed by atoms with van der Waals surface area (Å²) in [5, 5.41) is 11.8. The Labute approximate surface area is 111 Å². The molecular weight excluding hydrogens is 242 g/mol. The van der Waals surface area contributed by atoms with Gasteiger partial charge in [-0.25, -0.2) is 4.79 Å². The van der Waals surface area contributed by atoms with Gasteiger partial charge in [0.2, 0.25) is 0 Å². The van der Waals surface area contributed by atoms with Gasteiger partial charge < -0.3 is 9.84 Å². The van der Waals surface area contributed by atoms with Gasteiger partial charge in [-0.05, 0) is 35.7 Å². The van der Waals surface area contributed by atoms with Gasteiger partial charge in [0.05, 0.1) is 18.4 Å². The van der Waals surface area contributed by atoms with Gasteiger partial charge in [-0.3, -0.25) is 4.99 Å². The topological polar surface area (TPSA) is 61.7 Å². The summed E-state index contributed by atoms with van der Waals surface area (Å²) in [6.45, 7) is 0. The third-order valence-electron chi connectivity index (χ3n) is 2.54. The van der Waals surface area contributed by atoms with Gasteiger partial charge in [0.25, 0.3) is 0 Å². The number of aliphatic imine (C=N–C) groups is 1. The smallest absolute Gasteiger partial charge is 0.337 e. The van der Waals surface area contributed by atoms with Crippen LogP contribution in [0.2, 0.25) is 0 Å². The Morgan fingerprint density at radius 1 is 1.00 bits per heavy atom. The number of benzene rings is 2. The molecule has 0 fully saturated rings. The second-order valence-corrected chi connectivity index (χ2v) is 3.82. The number of esters is 1. The summed E-state index contributed by atoms with van der Waals surface area (Å²) in [5.41, 5.74) is 1.45. The van der Waals surface area contributed by atoms with Crippen LogP contribution in [0.5, 0.6) is 0 Å². The molecule has 0 N–H and O–H groups in total. The van der Waals surface area contributed by atoms with E-state index in [-0.39, 0.29) is 5.90 Å². The standard InChI is InChI=1S/C15H13NO3/c1-19-15(18)12-7-9-13(10-8-12)16-14(17)11-5-3-2-4-6-11/h2-10H,1H3,(H,16,17)/p-1. The lowest BCUT2D eigenvalue weighted by atomic mass is 10.2. The molecule has 0 saturated carbocycles. The third kappa shape index (κ3) is 3.19. The molecule has 2 aromatic rings. The minimum absolute atomic E-state index is 0.314. The molecule has 0 aliphatic heterocycles. The molecule has 0 amide bonds. The van der Waals surface area contributed by atoms with Crippen molar-refractivity contribution >= 4 is 17.6 Å². The maximum Gasteiger partial charge on any atom is 0.337 e. The van der Waals surface area contributed by atoms with Crippen LogP contribution in [0.3, 0.4) is 0 Å². The van der Waals surface area contributed by atoms with Crippen molar-refractivity contribution in [3.63, 3.8) is 0 Å². The quantitative estimate of drug-likeness (QED) is 0.477. The zero-order valence-electron chi connectivity index (χ0n) is 10.4. The molecule has 0 atom stereocenters. The fourth-order valence-electron chi connectivity index (χ4n) is 1.55. The van der Waals surface area contributed by atoms with E-state index < -0.39 is 5.97 Å². The van der Waals surface area contributed by atoms with E-state index in [0.29, 0.717) is 16.8 Å². The Morgan fingerprint density at radius 2 is 1.63 bits per heavy atom. The molecule has 2 aromatic carbocycles. The minimum atomic E-state index is -0.416. The van der Waals surface area contributed by atoms with Crippen molar-refractivity contribution in [3.05, 3.63) is 65.7 Å². The van der Waals surface area contributed by atoms with Crippen molar-refractivity contribution in [1.82, 2.24) is 0 Å². The van der Waals surface area contributed by atoms with Crippen LogP contribution in [0.4, 0.5) is 5.69 Å². The zero-order valence-corrected chi connectivity index (χ0v) is 10.4. The highest BCUT2D eigenvalue weighted by Gasteiger charge is 2.03. The molecule has 4 heteroatoms. The molecule has 0 saturated heterocycles. The number of carbonyl (C=O) groups excluding carboxylic acids is 1. The highest BCUT2D eigenvalue weighted by Crippen LogP contribution is 2.14. The number of nitrogens with zero attached hydrogens (tertiary/aromatic N) is 1. The molecular formula is C15H12NO3-. The lowest BCUT2D eigenvalue weighted by Crippen LogP contribution is -2.18. The largest absolute Gasteiger partial charge is 0.858 e. The van der Waals surface area contributed by atoms with Crippen LogP contribution in [-0.2, 0) is 4.74 Å². The van der Waals surface area contributed by atoms with E-state index in [0.717, 1.165) is 0 Å². The lowest BCUT2D eigenvalue weighted by Gasteiger charge is -2.10. The van der Waals surface area contributed by atoms with Crippen molar-refractivity contribution in [2.75, 3.05) is 7.11 Å². The van der Waals surface area contributed by atoms with Gasteiger partial charge >= 0.3 is 5.97 Å². The SMILES string of the molecule is COC(=O)c1ccc(N=C([O-])c2ccccc2)cc1. The zero-order chi connectivity index (χ0) is 13.7. The molecule has 19 heavy (non-hydrogen) atoms. The lowest BCUT2D eigenvalue weighted by molar-refractivity contribution is -0.212. The maximum atomic E-state index is 11.8. The summed E-state index contributed by atoms with van der Waals surface area (Å²) in [6, 6.07) is 15.2. The molecule has 0 aromatic heterocycles. The average molecular weight is 254 g/mol. The molecule has 0 bridgehead atoms. The van der Waals surface area contributed by atoms with E-state index in [1.165, 1.54) is 7.11 Å². The van der Waals surface area contributed by atoms with Crippen molar-refractivity contribution in [1.29, 1.82) is 0 Å². The second kappa shape index (κ2) is 5.82. The van der Waals surface area contributed by atoms with Crippen molar-refractivity contribution in [2.24, 2.45) is 4.99 Å². The minimum Gasteiger partial charge on any atom is -0.858 e. The van der Waals surface area contributed by atoms with E-state index in [1.807, 2.05) is 6.07 Å². The van der Waals surface area contributed by atoms with Crippen LogP contribution in [0.15, 0.2) is 59.6 Å². The van der Waals surface area contributed by atoms with Crippen molar-refractivity contribution < 1.29 is 14.6 Å². The van der Waals surface area contributed by atoms with Crippen LogP contribution >= 0.6 is 0 Å². The Morgan fingerprint density at radius 3 is 2.21 bits per heavy atom. The number of ether oxygens (including phenoxy) is 1. The number of hydrogen-bond acceptors (Lipinski definition) is 4. The molecule has 0 aliphatic carbocycles. The number of hydrogen-bond donors (Lipinski definition) is 0. The molecule has 0 radical (unpaired) electrons. The van der Waals surface area contributed by atoms with E-state index in [9.17, 15) is 9.90 Å². The highest BCUT2D eigenvalue weighted by molar-refractivity contribution is 5.93. The molecule has 2 rings (SSSR count). The summed E-state index contributed by atoms with van der Waals surface area (Å²) in [7, 11) is 1.32. The summed E-state index contributed by atoms with van der Waals surface area (Å²) >= 11 is 0. The van der Waals surface area contributed by atoms with Gasteiger partial charge in [-0.15, -0.1) is 0 Å². The fourth-order valence-corrected chi connectivity index (χ4v) is 1.55. The first-order valence-corrected chi connectivity index (χ1v) is 5.70. The van der Waals surface area contributed by atoms with Crippen LogP contribution in [0.25, 0.3) is 0 Å². The molecule has 0 unspecified atom stereocenters. The van der Waals surface area contributed by atoms with Crippen LogP contribution < -0.4 is 5.11 Å². The first kappa shape index (κ1) is 12.8. The third-order valence-corrected chi connectivity index (χ3v) is 2.54. The highest BCUT2D eigenvalue weighted by atomic mass is 16.5. The van der Waals surface area contributed by atoms with Crippen molar-refractivity contribution in [2.45, 2.75) is 0 Å². The molecule has 0 spiro atoms. The fraction of sp³-hybridized carbons (Fsp3) is 0.0667. The van der Waals surface area contributed by atoms with Gasteiger partial charge in [0, 0.05) is 0 Å². The average Bonchev–Trinajstić information content (AvgIpc) is 2.48. The maximum absolute atomic E-state index is 11.8. The predicted molar refractivity (Wildman–Crippen MR) is 70.4 cm³/mol.